The molecule has 1 fully saturated rings. The van der Waals surface area contributed by atoms with Crippen LogP contribution in [-0.4, -0.2) is 37.0 Å². The average molecular weight is 369 g/mol. The molecule has 0 spiro atoms. The van der Waals surface area contributed by atoms with Crippen LogP contribution in [0.5, 0.6) is 0 Å². The summed E-state index contributed by atoms with van der Waals surface area (Å²) in [5, 5.41) is 15.5. The monoisotopic (exact) mass is 369 g/mol. The second kappa shape index (κ2) is 8.26. The molecule has 27 heavy (non-hydrogen) atoms. The predicted octanol–water partition coefficient (Wildman–Crippen LogP) is 2.99. The lowest BCUT2D eigenvalue weighted by molar-refractivity contribution is 0.174. The lowest BCUT2D eigenvalue weighted by Crippen LogP contribution is -2.16. The van der Waals surface area contributed by atoms with E-state index < -0.39 is 0 Å². The average Bonchev–Trinajstić information content (AvgIpc) is 3.37. The first-order valence-electron chi connectivity index (χ1n) is 9.23. The zero-order valence-electron chi connectivity index (χ0n) is 15.3. The normalized spacial score (nSPS) is 15.1. The van der Waals surface area contributed by atoms with Crippen molar-refractivity contribution < 1.29 is 9.26 Å². The van der Waals surface area contributed by atoms with Crippen LogP contribution in [0.2, 0.25) is 0 Å². The fraction of sp³-hybridized carbons (Fsp3) is 0.500. The van der Waals surface area contributed by atoms with E-state index in [1.807, 2.05) is 18.5 Å². The van der Waals surface area contributed by atoms with Crippen molar-refractivity contribution in [3.63, 3.8) is 0 Å². The Kier molecular flexibility index (Phi) is 5.38. The summed E-state index contributed by atoms with van der Waals surface area (Å²) in [7, 11) is 1.59. The molecule has 9 heteroatoms. The molecule has 0 radical (unpaired) electrons. The molecule has 0 amide bonds. The number of hydrogen-bond donors (Lipinski definition) is 1. The third-order valence-electron chi connectivity index (χ3n) is 4.79. The Balaban J connectivity index is 1.38. The number of methoxy groups -OCH3 is 1. The minimum atomic E-state index is 0.318. The van der Waals surface area contributed by atoms with E-state index in [0.717, 1.165) is 17.2 Å². The van der Waals surface area contributed by atoms with E-state index in [1.54, 1.807) is 13.3 Å². The number of anilines is 1. The smallest absolute Gasteiger partial charge is 0.259 e. The third-order valence-corrected chi connectivity index (χ3v) is 4.79. The summed E-state index contributed by atoms with van der Waals surface area (Å²) in [6.45, 7) is 0.902. The van der Waals surface area contributed by atoms with Crippen LogP contribution in [0, 0.1) is 0 Å². The molecule has 1 aliphatic rings. The molecular weight excluding hydrogens is 346 g/mol. The summed E-state index contributed by atoms with van der Waals surface area (Å²) in [5.41, 5.74) is 0.765. The van der Waals surface area contributed by atoms with Gasteiger partial charge in [0.05, 0.1) is 12.1 Å². The summed E-state index contributed by atoms with van der Waals surface area (Å²) >= 11 is 0. The molecule has 0 aromatic carbocycles. The Labute approximate surface area is 157 Å². The van der Waals surface area contributed by atoms with E-state index in [9.17, 15) is 0 Å². The molecule has 0 aliphatic heterocycles. The van der Waals surface area contributed by atoms with Crippen molar-refractivity contribution in [3.05, 3.63) is 36.3 Å². The van der Waals surface area contributed by atoms with Gasteiger partial charge in [0.15, 0.2) is 11.6 Å². The van der Waals surface area contributed by atoms with E-state index in [0.29, 0.717) is 30.9 Å². The van der Waals surface area contributed by atoms with Crippen LogP contribution in [0.4, 0.5) is 5.82 Å². The van der Waals surface area contributed by atoms with Gasteiger partial charge in [-0.3, -0.25) is 0 Å². The SMILES string of the molecule is COCc1noc(-c2ccc(NCc3nncn3C3CCCCC3)nc2)n1. The zero-order valence-corrected chi connectivity index (χ0v) is 15.3. The van der Waals surface area contributed by atoms with Gasteiger partial charge >= 0.3 is 0 Å². The molecule has 1 aliphatic carbocycles. The van der Waals surface area contributed by atoms with Crippen LogP contribution in [0.15, 0.2) is 29.2 Å². The summed E-state index contributed by atoms with van der Waals surface area (Å²) in [5.74, 6) is 2.64. The molecule has 3 heterocycles. The summed E-state index contributed by atoms with van der Waals surface area (Å²) in [6.07, 6.45) is 9.84. The van der Waals surface area contributed by atoms with Crippen LogP contribution in [0.25, 0.3) is 11.5 Å². The van der Waals surface area contributed by atoms with Crippen molar-refractivity contribution >= 4 is 5.82 Å². The van der Waals surface area contributed by atoms with Gasteiger partial charge in [-0.2, -0.15) is 4.98 Å². The summed E-state index contributed by atoms with van der Waals surface area (Å²) in [6, 6.07) is 4.29. The molecule has 9 nitrogen and oxygen atoms in total. The Morgan fingerprint density at radius 1 is 1.26 bits per heavy atom. The maximum atomic E-state index is 5.22. The molecule has 142 valence electrons. The minimum Gasteiger partial charge on any atom is -0.377 e. The van der Waals surface area contributed by atoms with Crippen molar-refractivity contribution in [2.45, 2.75) is 51.3 Å². The Hall–Kier alpha value is -2.81. The van der Waals surface area contributed by atoms with Crippen molar-refractivity contribution in [3.8, 4) is 11.5 Å². The van der Waals surface area contributed by atoms with E-state index in [4.69, 9.17) is 9.26 Å². The number of pyridine rings is 1. The maximum Gasteiger partial charge on any atom is 0.259 e. The summed E-state index contributed by atoms with van der Waals surface area (Å²) < 4.78 is 12.4. The molecule has 1 saturated carbocycles. The number of hydrogen-bond acceptors (Lipinski definition) is 8. The van der Waals surface area contributed by atoms with Crippen LogP contribution in [-0.2, 0) is 17.9 Å². The van der Waals surface area contributed by atoms with Gasteiger partial charge in [-0.1, -0.05) is 24.4 Å². The standard InChI is InChI=1S/C18H23N7O2/c1-26-11-16-22-18(27-24-16)13-7-8-15(19-9-13)20-10-17-23-21-12-25(17)14-5-3-2-4-6-14/h7-9,12,14H,2-6,10-11H2,1H3,(H,19,20). The second-order valence-corrected chi connectivity index (χ2v) is 6.68. The molecule has 0 bridgehead atoms. The molecule has 0 atom stereocenters. The van der Waals surface area contributed by atoms with Gasteiger partial charge in [0, 0.05) is 19.3 Å². The third kappa shape index (κ3) is 4.13. The Morgan fingerprint density at radius 2 is 2.15 bits per heavy atom. The van der Waals surface area contributed by atoms with Gasteiger partial charge in [0.25, 0.3) is 5.89 Å². The van der Waals surface area contributed by atoms with Crippen molar-refractivity contribution in [2.24, 2.45) is 0 Å². The van der Waals surface area contributed by atoms with Crippen molar-refractivity contribution in [2.75, 3.05) is 12.4 Å². The number of aromatic nitrogens is 6. The van der Waals surface area contributed by atoms with Crippen molar-refractivity contribution in [1.29, 1.82) is 0 Å². The highest BCUT2D eigenvalue weighted by molar-refractivity contribution is 5.54. The molecule has 3 aromatic rings. The van der Waals surface area contributed by atoms with Crippen LogP contribution in [0.1, 0.15) is 49.8 Å². The topological polar surface area (TPSA) is 104 Å². The van der Waals surface area contributed by atoms with Gasteiger partial charge < -0.3 is 19.1 Å². The minimum absolute atomic E-state index is 0.318. The first-order chi connectivity index (χ1) is 13.3. The van der Waals surface area contributed by atoms with Gasteiger partial charge in [-0.25, -0.2) is 4.98 Å². The number of ether oxygens (including phenoxy) is 1. The molecule has 0 unspecified atom stereocenters. The fourth-order valence-corrected chi connectivity index (χ4v) is 3.41. The Morgan fingerprint density at radius 3 is 2.93 bits per heavy atom. The lowest BCUT2D eigenvalue weighted by atomic mass is 9.95. The Bertz CT molecular complexity index is 853. The van der Waals surface area contributed by atoms with Gasteiger partial charge in [-0.15, -0.1) is 10.2 Å². The second-order valence-electron chi connectivity index (χ2n) is 6.68. The van der Waals surface area contributed by atoms with Gasteiger partial charge in [0.1, 0.15) is 18.8 Å². The van der Waals surface area contributed by atoms with Crippen LogP contribution >= 0.6 is 0 Å². The molecule has 1 N–H and O–H groups in total. The maximum absolute atomic E-state index is 5.22. The quantitative estimate of drug-likeness (QED) is 0.678. The summed E-state index contributed by atoms with van der Waals surface area (Å²) in [4.78, 5) is 8.69. The first-order valence-corrected chi connectivity index (χ1v) is 9.23. The molecule has 3 aromatic heterocycles. The molecule has 4 rings (SSSR count). The lowest BCUT2D eigenvalue weighted by Gasteiger charge is -2.24. The fourth-order valence-electron chi connectivity index (χ4n) is 3.41. The molecular formula is C18H23N7O2. The molecule has 0 saturated heterocycles. The van der Waals surface area contributed by atoms with E-state index >= 15 is 0 Å². The largest absolute Gasteiger partial charge is 0.377 e. The highest BCUT2D eigenvalue weighted by Gasteiger charge is 2.18. The number of rotatable bonds is 7. The van der Waals surface area contributed by atoms with E-state index in [1.165, 1.54) is 32.1 Å². The first kappa shape index (κ1) is 17.6. The highest BCUT2D eigenvalue weighted by atomic mass is 16.5. The van der Waals surface area contributed by atoms with Crippen LogP contribution < -0.4 is 5.32 Å². The predicted molar refractivity (Wildman–Crippen MR) is 97.7 cm³/mol. The number of nitrogens with one attached hydrogen (secondary N) is 1. The van der Waals surface area contributed by atoms with Gasteiger partial charge in [0.2, 0.25) is 0 Å². The zero-order chi connectivity index (χ0) is 18.5. The van der Waals surface area contributed by atoms with E-state index in [-0.39, 0.29) is 0 Å². The highest BCUT2D eigenvalue weighted by Crippen LogP contribution is 2.28. The van der Waals surface area contributed by atoms with Gasteiger partial charge in [-0.05, 0) is 25.0 Å². The van der Waals surface area contributed by atoms with Crippen LogP contribution in [0.3, 0.4) is 0 Å². The number of nitrogens with zero attached hydrogens (tertiary/aromatic N) is 6. The van der Waals surface area contributed by atoms with Crippen molar-refractivity contribution in [1.82, 2.24) is 29.9 Å². The van der Waals surface area contributed by atoms with E-state index in [2.05, 4.69) is 35.2 Å².